The van der Waals surface area contributed by atoms with E-state index in [0.717, 1.165) is 0 Å². The van der Waals surface area contributed by atoms with Crippen molar-refractivity contribution in [3.8, 4) is 0 Å². The van der Waals surface area contributed by atoms with Gasteiger partial charge in [0.05, 0.1) is 0 Å². The van der Waals surface area contributed by atoms with Gasteiger partial charge >= 0.3 is 0 Å². The molecule has 0 N–H and O–H groups in total. The summed E-state index contributed by atoms with van der Waals surface area (Å²) < 4.78 is 0. The second kappa shape index (κ2) is 10.6. The Labute approximate surface area is 227 Å². The Morgan fingerprint density at radius 3 is 1.27 bits per heavy atom. The minimum atomic E-state index is -2.51. The van der Waals surface area contributed by atoms with Crippen LogP contribution >= 0.6 is 0 Å². The molecular weight excluding hydrogens is 460 g/mol. The molecule has 3 aromatic carbocycles. The van der Waals surface area contributed by atoms with E-state index in [1.807, 2.05) is 0 Å². The highest BCUT2D eigenvalue weighted by atomic mass is 28.3. The van der Waals surface area contributed by atoms with E-state index in [-0.39, 0.29) is 5.41 Å². The second-order valence-electron chi connectivity index (χ2n) is 12.9. The van der Waals surface area contributed by atoms with Crippen LogP contribution in [-0.2, 0) is 0 Å². The average molecular weight is 507 g/mol. The maximum Gasteiger partial charge on any atom is 0.158 e. The van der Waals surface area contributed by atoms with Gasteiger partial charge in [-0.15, -0.1) is 0 Å². The molecule has 4 rings (SSSR count). The van der Waals surface area contributed by atoms with Crippen LogP contribution in [0.5, 0.6) is 0 Å². The maximum absolute atomic E-state index is 2.61. The molecule has 0 heterocycles. The first-order valence-electron chi connectivity index (χ1n) is 14.2. The number of hydrogen-bond acceptors (Lipinski definition) is 0. The topological polar surface area (TPSA) is 0 Å². The van der Waals surface area contributed by atoms with E-state index in [4.69, 9.17) is 0 Å². The first-order chi connectivity index (χ1) is 17.4. The first-order valence-corrected chi connectivity index (χ1v) is 16.2. The van der Waals surface area contributed by atoms with Crippen LogP contribution in [0.4, 0.5) is 0 Å². The molecule has 0 bridgehead atoms. The molecule has 0 saturated carbocycles. The van der Waals surface area contributed by atoms with Crippen molar-refractivity contribution >= 4 is 23.6 Å². The van der Waals surface area contributed by atoms with Gasteiger partial charge in [-0.3, -0.25) is 0 Å². The van der Waals surface area contributed by atoms with Crippen LogP contribution in [0.2, 0.25) is 5.54 Å². The monoisotopic (exact) mass is 506 g/mol. The third-order valence-corrected chi connectivity index (χ3v) is 13.3. The molecule has 1 heteroatoms. The van der Waals surface area contributed by atoms with Crippen molar-refractivity contribution in [2.75, 3.05) is 0 Å². The van der Waals surface area contributed by atoms with E-state index in [9.17, 15) is 0 Å². The molecule has 1 unspecified atom stereocenters. The fourth-order valence-corrected chi connectivity index (χ4v) is 11.0. The van der Waals surface area contributed by atoms with Crippen molar-refractivity contribution < 1.29 is 0 Å². The average Bonchev–Trinajstić information content (AvgIpc) is 3.36. The van der Waals surface area contributed by atoms with Gasteiger partial charge in [-0.2, -0.15) is 0 Å². The van der Waals surface area contributed by atoms with Crippen LogP contribution in [0, 0.1) is 5.41 Å². The first kappa shape index (κ1) is 27.4. The Balaban J connectivity index is 2.14. The SMILES string of the molecule is CC(C)c1cccc([Si](c2cccc(C(C)C)c2)(c2cccc(C(C)C)c2)C2C=CC(C(C)(C)C)=C2)c1. The fourth-order valence-electron chi connectivity index (χ4n) is 5.79. The molecule has 0 spiro atoms. The standard InChI is InChI=1S/C36H46Si/c1-25(2)28-13-10-16-32(21-28)37(33-17-11-14-29(22-33)26(3)4,34-18-12-15-30(23-34)27(5)6)35-20-19-31(24-35)36(7,8)9/h10-27,35H,1-9H3. The normalized spacial score (nSPS) is 16.2. The van der Waals surface area contributed by atoms with Crippen LogP contribution in [0.25, 0.3) is 0 Å². The molecule has 0 aromatic heterocycles. The number of allylic oxidation sites excluding steroid dienone is 4. The van der Waals surface area contributed by atoms with Gasteiger partial charge < -0.3 is 0 Å². The van der Waals surface area contributed by atoms with Crippen LogP contribution in [0.1, 0.15) is 96.8 Å². The van der Waals surface area contributed by atoms with Crippen molar-refractivity contribution in [1.29, 1.82) is 0 Å². The van der Waals surface area contributed by atoms with Gasteiger partial charge in [0.25, 0.3) is 0 Å². The Hall–Kier alpha value is -2.64. The van der Waals surface area contributed by atoms with Crippen molar-refractivity contribution in [1.82, 2.24) is 0 Å². The van der Waals surface area contributed by atoms with Gasteiger partial charge in [0, 0.05) is 5.54 Å². The van der Waals surface area contributed by atoms with Crippen molar-refractivity contribution in [3.63, 3.8) is 0 Å². The molecular formula is C36H46Si. The Kier molecular flexibility index (Phi) is 7.86. The highest BCUT2D eigenvalue weighted by Gasteiger charge is 2.46. The van der Waals surface area contributed by atoms with E-state index < -0.39 is 8.07 Å². The smallest absolute Gasteiger partial charge is 0.0790 e. The predicted octanol–water partition coefficient (Wildman–Crippen LogP) is 8.44. The molecule has 0 radical (unpaired) electrons. The van der Waals surface area contributed by atoms with Crippen molar-refractivity contribution in [2.45, 2.75) is 85.6 Å². The number of hydrogen-bond donors (Lipinski definition) is 0. The minimum absolute atomic E-state index is 0.130. The van der Waals surface area contributed by atoms with Crippen molar-refractivity contribution in [2.24, 2.45) is 5.41 Å². The Morgan fingerprint density at radius 1 is 0.595 bits per heavy atom. The quantitative estimate of drug-likeness (QED) is 0.223. The summed E-state index contributed by atoms with van der Waals surface area (Å²) >= 11 is 0. The molecule has 0 aliphatic heterocycles. The summed E-state index contributed by atoms with van der Waals surface area (Å²) in [4.78, 5) is 0. The van der Waals surface area contributed by atoms with Gasteiger partial charge in [0.2, 0.25) is 0 Å². The zero-order chi connectivity index (χ0) is 27.0. The summed E-state index contributed by atoms with van der Waals surface area (Å²) in [6.07, 6.45) is 7.55. The van der Waals surface area contributed by atoms with Gasteiger partial charge in [-0.25, -0.2) is 0 Å². The number of rotatable bonds is 7. The van der Waals surface area contributed by atoms with E-state index in [1.165, 1.54) is 37.8 Å². The second-order valence-corrected chi connectivity index (χ2v) is 16.9. The summed E-state index contributed by atoms with van der Waals surface area (Å²) in [6, 6.07) is 28.7. The van der Waals surface area contributed by atoms with E-state index in [0.29, 0.717) is 23.3 Å². The minimum Gasteiger partial charge on any atom is -0.0790 e. The summed E-state index contributed by atoms with van der Waals surface area (Å²) in [6.45, 7) is 20.9. The van der Waals surface area contributed by atoms with Gasteiger partial charge in [-0.1, -0.05) is 153 Å². The largest absolute Gasteiger partial charge is 0.158 e. The van der Waals surface area contributed by atoms with E-state index in [1.54, 1.807) is 0 Å². The van der Waals surface area contributed by atoms with Crippen LogP contribution in [0.15, 0.2) is 96.6 Å². The molecule has 3 aromatic rings. The van der Waals surface area contributed by atoms with E-state index in [2.05, 4.69) is 153 Å². The fraction of sp³-hybridized carbons (Fsp3) is 0.389. The predicted molar refractivity (Wildman–Crippen MR) is 167 cm³/mol. The third kappa shape index (κ3) is 5.34. The molecule has 37 heavy (non-hydrogen) atoms. The zero-order valence-corrected chi connectivity index (χ0v) is 25.5. The van der Waals surface area contributed by atoms with E-state index >= 15 is 0 Å². The molecule has 0 saturated heterocycles. The lowest BCUT2D eigenvalue weighted by Crippen LogP contribution is -2.69. The van der Waals surface area contributed by atoms with Crippen molar-refractivity contribution in [3.05, 3.63) is 113 Å². The highest BCUT2D eigenvalue weighted by molar-refractivity contribution is 7.13. The van der Waals surface area contributed by atoms with Crippen LogP contribution in [0.3, 0.4) is 0 Å². The molecule has 0 amide bonds. The highest BCUT2D eigenvalue weighted by Crippen LogP contribution is 2.39. The summed E-state index contributed by atoms with van der Waals surface area (Å²) in [7, 11) is -2.51. The molecule has 194 valence electrons. The van der Waals surface area contributed by atoms with Gasteiger partial charge in [0.1, 0.15) is 0 Å². The third-order valence-electron chi connectivity index (χ3n) is 8.23. The summed E-state index contributed by atoms with van der Waals surface area (Å²) in [5.74, 6) is 1.49. The lowest BCUT2D eigenvalue weighted by Gasteiger charge is -2.39. The van der Waals surface area contributed by atoms with Gasteiger partial charge in [-0.05, 0) is 61.0 Å². The summed E-state index contributed by atoms with van der Waals surface area (Å²) in [5.41, 5.74) is 6.22. The summed E-state index contributed by atoms with van der Waals surface area (Å²) in [5, 5.41) is 4.55. The molecule has 1 aliphatic rings. The Morgan fingerprint density at radius 2 is 0.973 bits per heavy atom. The lowest BCUT2D eigenvalue weighted by atomic mass is 9.87. The van der Waals surface area contributed by atoms with Crippen LogP contribution < -0.4 is 15.6 Å². The maximum atomic E-state index is 2.61. The Bertz CT molecular complexity index is 1170. The molecule has 1 atom stereocenters. The number of benzene rings is 3. The zero-order valence-electron chi connectivity index (χ0n) is 24.5. The lowest BCUT2D eigenvalue weighted by molar-refractivity contribution is 0.518. The molecule has 0 fully saturated rings. The molecule has 0 nitrogen and oxygen atoms in total. The van der Waals surface area contributed by atoms with Gasteiger partial charge in [0.15, 0.2) is 8.07 Å². The van der Waals surface area contributed by atoms with Crippen LogP contribution in [-0.4, -0.2) is 8.07 Å². The molecule has 1 aliphatic carbocycles.